The Morgan fingerprint density at radius 1 is 1.42 bits per heavy atom. The van der Waals surface area contributed by atoms with Crippen LogP contribution < -0.4 is 0 Å². The van der Waals surface area contributed by atoms with Gasteiger partial charge in [-0.3, -0.25) is 0 Å². The van der Waals surface area contributed by atoms with Crippen molar-refractivity contribution in [2.24, 2.45) is 5.92 Å². The standard InChI is InChI=1S/C10H15NO/c1-8-5-3-2-4-6-10(8)9(7-11)12-10/h8-9H,2-6H2,1H3. The van der Waals surface area contributed by atoms with Gasteiger partial charge in [0.05, 0.1) is 6.07 Å². The van der Waals surface area contributed by atoms with Gasteiger partial charge in [-0.1, -0.05) is 26.2 Å². The zero-order valence-corrected chi connectivity index (χ0v) is 7.55. The number of rotatable bonds is 0. The number of nitrogens with zero attached hydrogens (tertiary/aromatic N) is 1. The molecule has 1 saturated heterocycles. The van der Waals surface area contributed by atoms with Gasteiger partial charge in [0.2, 0.25) is 0 Å². The molecule has 2 aliphatic rings. The van der Waals surface area contributed by atoms with Crippen LogP contribution in [0.15, 0.2) is 0 Å². The highest BCUT2D eigenvalue weighted by Crippen LogP contribution is 2.50. The molecular formula is C10H15NO. The third-order valence-corrected chi connectivity index (χ3v) is 3.38. The first-order chi connectivity index (χ1) is 5.79. The Morgan fingerprint density at radius 3 is 2.92 bits per heavy atom. The second-order valence-corrected chi connectivity index (χ2v) is 4.08. The molecule has 0 aromatic rings. The molecule has 0 aromatic heterocycles. The Labute approximate surface area is 73.5 Å². The van der Waals surface area contributed by atoms with E-state index in [-0.39, 0.29) is 11.7 Å². The molecule has 1 aliphatic carbocycles. The molecule has 12 heavy (non-hydrogen) atoms. The van der Waals surface area contributed by atoms with Gasteiger partial charge >= 0.3 is 0 Å². The molecule has 1 spiro atoms. The predicted molar refractivity (Wildman–Crippen MR) is 45.5 cm³/mol. The van der Waals surface area contributed by atoms with E-state index in [1.807, 2.05) is 0 Å². The fraction of sp³-hybridized carbons (Fsp3) is 0.900. The Bertz CT molecular complexity index is 220. The second-order valence-electron chi connectivity index (χ2n) is 4.08. The average molecular weight is 165 g/mol. The van der Waals surface area contributed by atoms with E-state index < -0.39 is 0 Å². The van der Waals surface area contributed by atoms with Crippen molar-refractivity contribution >= 4 is 0 Å². The Morgan fingerprint density at radius 2 is 2.25 bits per heavy atom. The van der Waals surface area contributed by atoms with Gasteiger partial charge in [0.25, 0.3) is 0 Å². The highest BCUT2D eigenvalue weighted by atomic mass is 16.6. The van der Waals surface area contributed by atoms with Gasteiger partial charge in [0.1, 0.15) is 5.60 Å². The molecule has 1 saturated carbocycles. The zero-order valence-electron chi connectivity index (χ0n) is 7.55. The largest absolute Gasteiger partial charge is 0.350 e. The summed E-state index contributed by atoms with van der Waals surface area (Å²) in [5.41, 5.74) is -0.0226. The van der Waals surface area contributed by atoms with Crippen LogP contribution in [0, 0.1) is 17.2 Å². The van der Waals surface area contributed by atoms with Gasteiger partial charge in [0.15, 0.2) is 6.10 Å². The van der Waals surface area contributed by atoms with E-state index in [2.05, 4.69) is 13.0 Å². The molecule has 0 radical (unpaired) electrons. The maximum absolute atomic E-state index is 8.76. The number of epoxide rings is 1. The zero-order chi connectivity index (χ0) is 8.60. The van der Waals surface area contributed by atoms with Crippen molar-refractivity contribution in [3.63, 3.8) is 0 Å². The topological polar surface area (TPSA) is 36.3 Å². The molecule has 0 aromatic carbocycles. The van der Waals surface area contributed by atoms with E-state index >= 15 is 0 Å². The quantitative estimate of drug-likeness (QED) is 0.516. The van der Waals surface area contributed by atoms with Crippen molar-refractivity contribution in [1.29, 1.82) is 5.26 Å². The first-order valence-corrected chi connectivity index (χ1v) is 4.87. The van der Waals surface area contributed by atoms with E-state index in [1.54, 1.807) is 0 Å². The molecule has 3 unspecified atom stereocenters. The molecule has 3 atom stereocenters. The summed E-state index contributed by atoms with van der Waals surface area (Å²) in [5.74, 6) is 0.588. The minimum atomic E-state index is -0.0920. The molecule has 66 valence electrons. The van der Waals surface area contributed by atoms with Crippen LogP contribution >= 0.6 is 0 Å². The van der Waals surface area contributed by atoms with Crippen LogP contribution in [0.5, 0.6) is 0 Å². The van der Waals surface area contributed by atoms with Gasteiger partial charge in [-0.15, -0.1) is 0 Å². The first-order valence-electron chi connectivity index (χ1n) is 4.87. The Kier molecular flexibility index (Phi) is 1.84. The van der Waals surface area contributed by atoms with Gasteiger partial charge in [-0.25, -0.2) is 0 Å². The van der Waals surface area contributed by atoms with Crippen LogP contribution in [-0.2, 0) is 4.74 Å². The van der Waals surface area contributed by atoms with E-state index in [9.17, 15) is 0 Å². The van der Waals surface area contributed by atoms with Crippen molar-refractivity contribution < 1.29 is 4.74 Å². The lowest BCUT2D eigenvalue weighted by molar-refractivity contribution is 0.215. The molecule has 2 heteroatoms. The molecular weight excluding hydrogens is 150 g/mol. The normalized spacial score (nSPS) is 46.7. The van der Waals surface area contributed by atoms with Gasteiger partial charge in [-0.2, -0.15) is 5.26 Å². The monoisotopic (exact) mass is 165 g/mol. The molecule has 0 amide bonds. The third-order valence-electron chi connectivity index (χ3n) is 3.38. The summed E-state index contributed by atoms with van der Waals surface area (Å²) in [6.45, 7) is 2.22. The molecule has 2 fully saturated rings. The molecule has 1 heterocycles. The van der Waals surface area contributed by atoms with Crippen LogP contribution in [-0.4, -0.2) is 11.7 Å². The molecule has 1 aliphatic heterocycles. The van der Waals surface area contributed by atoms with Crippen LogP contribution in [0.2, 0.25) is 0 Å². The summed E-state index contributed by atoms with van der Waals surface area (Å²) in [7, 11) is 0. The van der Waals surface area contributed by atoms with Gasteiger partial charge in [0, 0.05) is 0 Å². The minimum absolute atomic E-state index is 0.0226. The average Bonchev–Trinajstić information content (AvgIpc) is 2.81. The lowest BCUT2D eigenvalue weighted by atomic mass is 9.87. The van der Waals surface area contributed by atoms with Gasteiger partial charge < -0.3 is 4.74 Å². The van der Waals surface area contributed by atoms with E-state index in [0.717, 1.165) is 6.42 Å². The first kappa shape index (κ1) is 8.07. The predicted octanol–water partition coefficient (Wildman–Crippen LogP) is 2.25. The minimum Gasteiger partial charge on any atom is -0.350 e. The fourth-order valence-corrected chi connectivity index (χ4v) is 2.40. The number of ether oxygens (including phenoxy) is 1. The van der Waals surface area contributed by atoms with Crippen LogP contribution in [0.1, 0.15) is 39.0 Å². The third kappa shape index (κ3) is 1.04. The van der Waals surface area contributed by atoms with E-state index in [0.29, 0.717) is 5.92 Å². The van der Waals surface area contributed by atoms with Crippen LogP contribution in [0.4, 0.5) is 0 Å². The van der Waals surface area contributed by atoms with Crippen LogP contribution in [0.3, 0.4) is 0 Å². The molecule has 0 N–H and O–H groups in total. The summed E-state index contributed by atoms with van der Waals surface area (Å²) in [5, 5.41) is 8.76. The van der Waals surface area contributed by atoms with E-state index in [4.69, 9.17) is 10.00 Å². The lowest BCUT2D eigenvalue weighted by Crippen LogP contribution is -2.22. The number of hydrogen-bond donors (Lipinski definition) is 0. The van der Waals surface area contributed by atoms with Crippen molar-refractivity contribution in [2.45, 2.75) is 50.7 Å². The summed E-state index contributed by atoms with van der Waals surface area (Å²) in [4.78, 5) is 0. The Hall–Kier alpha value is -0.550. The molecule has 0 bridgehead atoms. The van der Waals surface area contributed by atoms with Crippen molar-refractivity contribution in [3.05, 3.63) is 0 Å². The van der Waals surface area contributed by atoms with E-state index in [1.165, 1.54) is 25.7 Å². The highest BCUT2D eigenvalue weighted by Gasteiger charge is 2.59. The SMILES string of the molecule is CC1CCCCCC12OC2C#N. The smallest absolute Gasteiger partial charge is 0.173 e. The van der Waals surface area contributed by atoms with Crippen LogP contribution in [0.25, 0.3) is 0 Å². The second kappa shape index (κ2) is 2.74. The fourth-order valence-electron chi connectivity index (χ4n) is 2.40. The lowest BCUT2D eigenvalue weighted by Gasteiger charge is -2.15. The summed E-state index contributed by atoms with van der Waals surface area (Å²) in [6, 6.07) is 2.24. The highest BCUT2D eigenvalue weighted by molar-refractivity contribution is 5.16. The molecule has 2 nitrogen and oxygen atoms in total. The van der Waals surface area contributed by atoms with Crippen molar-refractivity contribution in [3.8, 4) is 6.07 Å². The molecule has 2 rings (SSSR count). The van der Waals surface area contributed by atoms with Crippen molar-refractivity contribution in [2.75, 3.05) is 0 Å². The maximum Gasteiger partial charge on any atom is 0.173 e. The summed E-state index contributed by atoms with van der Waals surface area (Å²) >= 11 is 0. The number of hydrogen-bond acceptors (Lipinski definition) is 2. The number of nitriles is 1. The summed E-state index contributed by atoms with van der Waals surface area (Å²) < 4.78 is 5.53. The van der Waals surface area contributed by atoms with Crippen molar-refractivity contribution in [1.82, 2.24) is 0 Å². The van der Waals surface area contributed by atoms with Gasteiger partial charge in [-0.05, 0) is 18.8 Å². The Balaban J connectivity index is 2.09. The maximum atomic E-state index is 8.76. The summed E-state index contributed by atoms with van der Waals surface area (Å²) in [6.07, 6.45) is 6.11.